The minimum atomic E-state index is -0.362. The molecule has 0 aliphatic carbocycles. The van der Waals surface area contributed by atoms with Crippen molar-refractivity contribution in [3.8, 4) is 22.8 Å². The van der Waals surface area contributed by atoms with Gasteiger partial charge in [-0.15, -0.1) is 6.58 Å². The number of amides is 1. The fraction of sp³-hybridized carbons (Fsp3) is 0.333. The van der Waals surface area contributed by atoms with E-state index in [9.17, 15) is 9.90 Å². The van der Waals surface area contributed by atoms with Gasteiger partial charge in [0.2, 0.25) is 0 Å². The van der Waals surface area contributed by atoms with Gasteiger partial charge in [-0.2, -0.15) is 5.10 Å². The summed E-state index contributed by atoms with van der Waals surface area (Å²) in [4.78, 5) is 15.0. The number of phenols is 1. The normalized spacial score (nSPS) is 15.1. The summed E-state index contributed by atoms with van der Waals surface area (Å²) >= 11 is 0. The van der Waals surface area contributed by atoms with Crippen LogP contribution in [0.1, 0.15) is 65.0 Å². The Hall–Kier alpha value is -3.54. The van der Waals surface area contributed by atoms with E-state index in [1.807, 2.05) is 50.2 Å². The van der Waals surface area contributed by atoms with E-state index in [1.165, 1.54) is 0 Å². The molecule has 0 fully saturated rings. The topological polar surface area (TPSA) is 78.5 Å². The standard InChI is InChI=1S/C27H31N3O3/c1-5-7-8-13-33-20-11-9-10-19(16-20)25-22-23(21-15-17(3)14-18(4)26(21)31)28-29-24(22)27(32)30(25)12-6-2/h6,9-11,14-16,25,31H,2,5,7-8,12-13H2,1,3-4H3,(H,28,29). The van der Waals surface area contributed by atoms with Gasteiger partial charge in [0.15, 0.2) is 0 Å². The van der Waals surface area contributed by atoms with E-state index in [0.717, 1.165) is 47.3 Å². The number of benzene rings is 2. The molecule has 4 rings (SSSR count). The maximum Gasteiger partial charge on any atom is 0.273 e. The van der Waals surface area contributed by atoms with E-state index in [4.69, 9.17) is 4.74 Å². The number of aromatic nitrogens is 2. The first-order chi connectivity index (χ1) is 16.0. The Morgan fingerprint density at radius 1 is 1.24 bits per heavy atom. The van der Waals surface area contributed by atoms with Crippen LogP contribution in [0.3, 0.4) is 0 Å². The molecule has 0 saturated heterocycles. The molecule has 33 heavy (non-hydrogen) atoms. The Bertz CT molecular complexity index is 1180. The van der Waals surface area contributed by atoms with Crippen LogP contribution < -0.4 is 4.74 Å². The Morgan fingerprint density at radius 3 is 2.82 bits per heavy atom. The van der Waals surface area contributed by atoms with Crippen LogP contribution in [0, 0.1) is 13.8 Å². The van der Waals surface area contributed by atoms with Gasteiger partial charge in [-0.25, -0.2) is 0 Å². The van der Waals surface area contributed by atoms with Crippen LogP contribution in [0.5, 0.6) is 11.5 Å². The zero-order valence-corrected chi connectivity index (χ0v) is 19.5. The molecule has 0 saturated carbocycles. The van der Waals surface area contributed by atoms with Crippen molar-refractivity contribution >= 4 is 5.91 Å². The van der Waals surface area contributed by atoms with E-state index in [-0.39, 0.29) is 17.7 Å². The zero-order chi connectivity index (χ0) is 23.5. The number of aryl methyl sites for hydroxylation is 2. The van der Waals surface area contributed by atoms with Crippen molar-refractivity contribution in [2.24, 2.45) is 0 Å². The second-order valence-corrected chi connectivity index (χ2v) is 8.62. The highest BCUT2D eigenvalue weighted by atomic mass is 16.5. The summed E-state index contributed by atoms with van der Waals surface area (Å²) in [5, 5.41) is 18.2. The maximum absolute atomic E-state index is 13.3. The molecule has 1 amide bonds. The van der Waals surface area contributed by atoms with E-state index >= 15 is 0 Å². The van der Waals surface area contributed by atoms with Crippen molar-refractivity contribution in [3.05, 3.63) is 77.0 Å². The number of unbranched alkanes of at least 4 members (excludes halogenated alkanes) is 2. The summed E-state index contributed by atoms with van der Waals surface area (Å²) in [6.07, 6.45) is 5.00. The maximum atomic E-state index is 13.3. The number of carbonyl (C=O) groups is 1. The Labute approximate surface area is 194 Å². The number of ether oxygens (including phenoxy) is 1. The van der Waals surface area contributed by atoms with Gasteiger partial charge in [0.05, 0.1) is 12.6 Å². The average Bonchev–Trinajstić information content (AvgIpc) is 3.33. The van der Waals surface area contributed by atoms with Gasteiger partial charge in [0.1, 0.15) is 22.9 Å². The van der Waals surface area contributed by atoms with Crippen LogP contribution in [0.2, 0.25) is 0 Å². The minimum Gasteiger partial charge on any atom is -0.507 e. The number of carbonyl (C=O) groups excluding carboxylic acids is 1. The van der Waals surface area contributed by atoms with Crippen molar-refractivity contribution in [2.45, 2.75) is 46.1 Å². The van der Waals surface area contributed by atoms with Crippen LogP contribution in [-0.2, 0) is 0 Å². The molecule has 6 heteroatoms. The molecular formula is C27H31N3O3. The highest BCUT2D eigenvalue weighted by molar-refractivity contribution is 6.00. The van der Waals surface area contributed by atoms with Crippen LogP contribution in [0.25, 0.3) is 11.3 Å². The third-order valence-corrected chi connectivity index (χ3v) is 6.08. The van der Waals surface area contributed by atoms with Crippen molar-refractivity contribution in [1.82, 2.24) is 15.1 Å². The average molecular weight is 446 g/mol. The van der Waals surface area contributed by atoms with E-state index in [0.29, 0.717) is 30.1 Å². The predicted octanol–water partition coefficient (Wildman–Crippen LogP) is 5.70. The SMILES string of the molecule is C=CCN1C(=O)c2[nH]nc(-c3cc(C)cc(C)c3O)c2C1c1cccc(OCCCCC)c1. The second kappa shape index (κ2) is 9.53. The van der Waals surface area contributed by atoms with Crippen molar-refractivity contribution in [3.63, 3.8) is 0 Å². The number of hydrogen-bond donors (Lipinski definition) is 2. The molecule has 1 atom stereocenters. The highest BCUT2D eigenvalue weighted by Gasteiger charge is 2.42. The van der Waals surface area contributed by atoms with Gasteiger partial charge in [0.25, 0.3) is 5.91 Å². The van der Waals surface area contributed by atoms with Crippen molar-refractivity contribution in [2.75, 3.05) is 13.2 Å². The van der Waals surface area contributed by atoms with Gasteiger partial charge in [-0.05, 0) is 55.2 Å². The Morgan fingerprint density at radius 2 is 2.06 bits per heavy atom. The molecule has 1 aliphatic rings. The van der Waals surface area contributed by atoms with Gasteiger partial charge in [0, 0.05) is 17.7 Å². The van der Waals surface area contributed by atoms with Crippen LogP contribution >= 0.6 is 0 Å². The monoisotopic (exact) mass is 445 g/mol. The zero-order valence-electron chi connectivity index (χ0n) is 19.5. The molecule has 1 unspecified atom stereocenters. The van der Waals surface area contributed by atoms with E-state index < -0.39 is 0 Å². The molecule has 172 valence electrons. The first kappa shape index (κ1) is 22.6. The largest absolute Gasteiger partial charge is 0.507 e. The van der Waals surface area contributed by atoms with Crippen LogP contribution in [0.4, 0.5) is 0 Å². The fourth-order valence-electron chi connectivity index (χ4n) is 4.53. The Balaban J connectivity index is 1.80. The number of fused-ring (bicyclic) bond motifs is 1. The molecule has 2 aromatic carbocycles. The quantitative estimate of drug-likeness (QED) is 0.327. The summed E-state index contributed by atoms with van der Waals surface area (Å²) in [7, 11) is 0. The summed E-state index contributed by atoms with van der Waals surface area (Å²) in [5.41, 5.74) is 5.15. The molecular weight excluding hydrogens is 414 g/mol. The first-order valence-electron chi connectivity index (χ1n) is 11.5. The molecule has 1 aliphatic heterocycles. The van der Waals surface area contributed by atoms with Gasteiger partial charge in [-0.3, -0.25) is 9.89 Å². The minimum absolute atomic E-state index is 0.133. The first-order valence-corrected chi connectivity index (χ1v) is 11.5. The third kappa shape index (κ3) is 4.25. The molecule has 6 nitrogen and oxygen atoms in total. The Kier molecular flexibility index (Phi) is 6.54. The number of phenolic OH excluding ortho intramolecular Hbond substituents is 1. The summed E-state index contributed by atoms with van der Waals surface area (Å²) in [5.74, 6) is 0.824. The van der Waals surface area contributed by atoms with Gasteiger partial charge in [-0.1, -0.05) is 44.0 Å². The number of hydrogen-bond acceptors (Lipinski definition) is 4. The third-order valence-electron chi connectivity index (χ3n) is 6.08. The second-order valence-electron chi connectivity index (χ2n) is 8.62. The smallest absolute Gasteiger partial charge is 0.273 e. The molecule has 0 bridgehead atoms. The van der Waals surface area contributed by atoms with Crippen LogP contribution in [-0.4, -0.2) is 39.3 Å². The number of nitrogens with zero attached hydrogens (tertiary/aromatic N) is 2. The van der Waals surface area contributed by atoms with Crippen molar-refractivity contribution in [1.29, 1.82) is 0 Å². The number of aromatic hydroxyl groups is 1. The summed E-state index contributed by atoms with van der Waals surface area (Å²) in [6, 6.07) is 11.4. The summed E-state index contributed by atoms with van der Waals surface area (Å²) in [6.45, 7) is 10.9. The molecule has 0 spiro atoms. The van der Waals surface area contributed by atoms with E-state index in [2.05, 4.69) is 23.7 Å². The fourth-order valence-corrected chi connectivity index (χ4v) is 4.53. The lowest BCUT2D eigenvalue weighted by Crippen LogP contribution is -2.29. The lowest BCUT2D eigenvalue weighted by Gasteiger charge is -2.25. The van der Waals surface area contributed by atoms with E-state index in [1.54, 1.807) is 11.0 Å². The number of rotatable bonds is 9. The highest BCUT2D eigenvalue weighted by Crippen LogP contribution is 2.45. The number of aromatic amines is 1. The molecule has 2 heterocycles. The van der Waals surface area contributed by atoms with Crippen molar-refractivity contribution < 1.29 is 14.6 Å². The van der Waals surface area contributed by atoms with Gasteiger partial charge >= 0.3 is 0 Å². The summed E-state index contributed by atoms with van der Waals surface area (Å²) < 4.78 is 5.98. The molecule has 3 aromatic rings. The number of nitrogens with one attached hydrogen (secondary N) is 1. The van der Waals surface area contributed by atoms with Crippen LogP contribution in [0.15, 0.2) is 49.1 Å². The molecule has 0 radical (unpaired) electrons. The predicted molar refractivity (Wildman–Crippen MR) is 130 cm³/mol. The molecule has 2 N–H and O–H groups in total. The lowest BCUT2D eigenvalue weighted by atomic mass is 9.94. The molecule has 1 aromatic heterocycles. The number of H-pyrrole nitrogens is 1. The van der Waals surface area contributed by atoms with Gasteiger partial charge < -0.3 is 14.7 Å². The lowest BCUT2D eigenvalue weighted by molar-refractivity contribution is 0.0764.